The van der Waals surface area contributed by atoms with Crippen molar-refractivity contribution in [3.05, 3.63) is 22.4 Å². The molecule has 0 spiro atoms. The Balaban J connectivity index is 2.19. The first-order valence-corrected chi connectivity index (χ1v) is 8.84. The number of esters is 1. The Kier molecular flexibility index (Phi) is 6.00. The normalized spacial score (nSPS) is 22.9. The van der Waals surface area contributed by atoms with E-state index in [9.17, 15) is 9.59 Å². The largest absolute Gasteiger partial charge is 0.469 e. The van der Waals surface area contributed by atoms with Crippen LogP contribution >= 0.6 is 11.3 Å². The summed E-state index contributed by atoms with van der Waals surface area (Å²) in [5.41, 5.74) is 0. The first-order chi connectivity index (χ1) is 10.5. The summed E-state index contributed by atoms with van der Waals surface area (Å²) in [6.07, 6.45) is 4.54. The minimum absolute atomic E-state index is 0.0458. The molecule has 1 aliphatic carbocycles. The lowest BCUT2D eigenvalue weighted by Gasteiger charge is -2.39. The number of carbonyl (C=O) groups is 2. The lowest BCUT2D eigenvalue weighted by molar-refractivity contribution is -0.145. The van der Waals surface area contributed by atoms with Gasteiger partial charge in [0.15, 0.2) is 0 Å². The molecule has 0 radical (unpaired) electrons. The van der Waals surface area contributed by atoms with Crippen molar-refractivity contribution in [3.63, 3.8) is 0 Å². The van der Waals surface area contributed by atoms with Crippen LogP contribution in [0.3, 0.4) is 0 Å². The van der Waals surface area contributed by atoms with Gasteiger partial charge in [-0.2, -0.15) is 0 Å². The van der Waals surface area contributed by atoms with Crippen LogP contribution in [0.15, 0.2) is 17.5 Å². The van der Waals surface area contributed by atoms with Crippen LogP contribution in [0, 0.1) is 11.8 Å². The van der Waals surface area contributed by atoms with E-state index in [4.69, 9.17) is 4.74 Å². The molecule has 5 heteroatoms. The van der Waals surface area contributed by atoms with Crippen molar-refractivity contribution in [3.8, 4) is 0 Å². The molecule has 1 saturated carbocycles. The van der Waals surface area contributed by atoms with Crippen LogP contribution in [0.5, 0.6) is 0 Å². The van der Waals surface area contributed by atoms with Gasteiger partial charge in [0, 0.05) is 12.6 Å². The summed E-state index contributed by atoms with van der Waals surface area (Å²) in [4.78, 5) is 27.3. The second-order valence-corrected chi connectivity index (χ2v) is 7.14. The predicted octanol–water partition coefficient (Wildman–Crippen LogP) is 3.58. The lowest BCUT2D eigenvalue weighted by Crippen LogP contribution is -2.48. The van der Waals surface area contributed by atoms with Gasteiger partial charge < -0.3 is 9.64 Å². The average Bonchev–Trinajstić information content (AvgIpc) is 3.06. The van der Waals surface area contributed by atoms with Gasteiger partial charge in [-0.25, -0.2) is 0 Å². The van der Waals surface area contributed by atoms with Gasteiger partial charge in [0.1, 0.15) is 0 Å². The summed E-state index contributed by atoms with van der Waals surface area (Å²) >= 11 is 1.46. The van der Waals surface area contributed by atoms with Gasteiger partial charge in [0.25, 0.3) is 5.91 Å². The Morgan fingerprint density at radius 2 is 2.14 bits per heavy atom. The number of carbonyl (C=O) groups excluding carboxylic acids is 2. The number of thiophene rings is 1. The Hall–Kier alpha value is -1.36. The number of hydrogen-bond donors (Lipinski definition) is 0. The zero-order valence-corrected chi connectivity index (χ0v) is 14.4. The van der Waals surface area contributed by atoms with Crippen LogP contribution in [-0.4, -0.2) is 36.5 Å². The molecular formula is C17H25NO3S. The highest BCUT2D eigenvalue weighted by atomic mass is 32.1. The molecule has 3 unspecified atom stereocenters. The fraction of sp³-hybridized carbons (Fsp3) is 0.647. The first kappa shape index (κ1) is 17.0. The van der Waals surface area contributed by atoms with Crippen molar-refractivity contribution in [2.75, 3.05) is 13.7 Å². The molecular weight excluding hydrogens is 298 g/mol. The Bertz CT molecular complexity index is 500. The average molecular weight is 323 g/mol. The molecule has 0 N–H and O–H groups in total. The van der Waals surface area contributed by atoms with Crippen molar-refractivity contribution in [2.45, 2.75) is 45.6 Å². The Morgan fingerprint density at radius 3 is 2.73 bits per heavy atom. The van der Waals surface area contributed by atoms with Crippen molar-refractivity contribution in [1.29, 1.82) is 0 Å². The van der Waals surface area contributed by atoms with E-state index in [0.29, 0.717) is 12.5 Å². The standard InChI is InChI=1S/C17H25NO3S/c1-12-7-4-5-8-14(12)18(11-13(2)17(20)21-3)16(19)15-9-6-10-22-15/h6,9-10,12-14H,4-5,7-8,11H2,1-3H3. The molecule has 22 heavy (non-hydrogen) atoms. The number of nitrogens with zero attached hydrogens (tertiary/aromatic N) is 1. The van der Waals surface area contributed by atoms with Crippen LogP contribution in [-0.2, 0) is 9.53 Å². The van der Waals surface area contributed by atoms with Crippen LogP contribution in [0.2, 0.25) is 0 Å². The van der Waals surface area contributed by atoms with Crippen LogP contribution in [0.25, 0.3) is 0 Å². The summed E-state index contributed by atoms with van der Waals surface area (Å²) in [7, 11) is 1.40. The number of methoxy groups -OCH3 is 1. The Morgan fingerprint density at radius 1 is 1.41 bits per heavy atom. The molecule has 2 rings (SSSR count). The second-order valence-electron chi connectivity index (χ2n) is 6.19. The van der Waals surface area contributed by atoms with Gasteiger partial charge in [-0.15, -0.1) is 11.3 Å². The smallest absolute Gasteiger partial charge is 0.310 e. The monoisotopic (exact) mass is 323 g/mol. The zero-order valence-electron chi connectivity index (χ0n) is 13.6. The fourth-order valence-corrected chi connectivity index (χ4v) is 3.92. The fourth-order valence-electron chi connectivity index (χ4n) is 3.24. The van der Waals surface area contributed by atoms with Crippen molar-refractivity contribution in [1.82, 2.24) is 4.90 Å². The Labute approximate surface area is 136 Å². The van der Waals surface area contributed by atoms with Gasteiger partial charge >= 0.3 is 5.97 Å². The van der Waals surface area contributed by atoms with Gasteiger partial charge in [-0.05, 0) is 30.2 Å². The van der Waals surface area contributed by atoms with Gasteiger partial charge in [-0.1, -0.05) is 32.8 Å². The molecule has 4 nitrogen and oxygen atoms in total. The molecule has 1 heterocycles. The van der Waals surface area contributed by atoms with Crippen LogP contribution in [0.4, 0.5) is 0 Å². The third-order valence-corrected chi connectivity index (χ3v) is 5.39. The highest BCUT2D eigenvalue weighted by molar-refractivity contribution is 7.12. The molecule has 3 atom stereocenters. The maximum Gasteiger partial charge on any atom is 0.310 e. The zero-order chi connectivity index (χ0) is 16.1. The van der Waals surface area contributed by atoms with Gasteiger partial charge in [0.2, 0.25) is 0 Å². The van der Waals surface area contributed by atoms with E-state index in [2.05, 4.69) is 6.92 Å². The minimum Gasteiger partial charge on any atom is -0.469 e. The van der Waals surface area contributed by atoms with E-state index in [1.807, 2.05) is 29.3 Å². The number of ether oxygens (including phenoxy) is 1. The second kappa shape index (κ2) is 7.77. The van der Waals surface area contributed by atoms with E-state index in [0.717, 1.165) is 24.1 Å². The third-order valence-electron chi connectivity index (χ3n) is 4.53. The van der Waals surface area contributed by atoms with Crippen molar-refractivity contribution >= 4 is 23.2 Å². The molecule has 0 bridgehead atoms. The van der Waals surface area contributed by atoms with Gasteiger partial charge in [0.05, 0.1) is 17.9 Å². The summed E-state index contributed by atoms with van der Waals surface area (Å²) in [6, 6.07) is 3.97. The van der Waals surface area contributed by atoms with E-state index >= 15 is 0 Å². The quantitative estimate of drug-likeness (QED) is 0.778. The number of rotatable bonds is 5. The topological polar surface area (TPSA) is 46.6 Å². The van der Waals surface area contributed by atoms with E-state index in [1.165, 1.54) is 24.9 Å². The molecule has 0 aromatic carbocycles. The predicted molar refractivity (Wildman–Crippen MR) is 88.0 cm³/mol. The van der Waals surface area contributed by atoms with Crippen LogP contribution in [0.1, 0.15) is 49.2 Å². The molecule has 0 saturated heterocycles. The van der Waals surface area contributed by atoms with Crippen molar-refractivity contribution in [2.24, 2.45) is 11.8 Å². The summed E-state index contributed by atoms with van der Waals surface area (Å²) < 4.78 is 4.82. The number of hydrogen-bond acceptors (Lipinski definition) is 4. The highest BCUT2D eigenvalue weighted by Crippen LogP contribution is 2.30. The van der Waals surface area contributed by atoms with E-state index in [-0.39, 0.29) is 23.8 Å². The molecule has 1 aromatic rings. The molecule has 122 valence electrons. The molecule has 0 aliphatic heterocycles. The highest BCUT2D eigenvalue weighted by Gasteiger charge is 2.33. The number of amides is 1. The van der Waals surface area contributed by atoms with Crippen molar-refractivity contribution < 1.29 is 14.3 Å². The molecule has 1 aromatic heterocycles. The summed E-state index contributed by atoms with van der Waals surface area (Å²) in [6.45, 7) is 4.47. The minimum atomic E-state index is -0.303. The SMILES string of the molecule is COC(=O)C(C)CN(C(=O)c1cccs1)C1CCCCC1C. The first-order valence-electron chi connectivity index (χ1n) is 7.97. The maximum atomic E-state index is 12.9. The molecule has 1 aliphatic rings. The summed E-state index contributed by atoms with van der Waals surface area (Å²) in [5.74, 6) is -0.0394. The van der Waals surface area contributed by atoms with Gasteiger partial charge in [-0.3, -0.25) is 9.59 Å². The lowest BCUT2D eigenvalue weighted by atomic mass is 9.84. The summed E-state index contributed by atoms with van der Waals surface area (Å²) in [5, 5.41) is 1.92. The molecule has 1 fully saturated rings. The maximum absolute atomic E-state index is 12.9. The third kappa shape index (κ3) is 3.88. The van der Waals surface area contributed by atoms with E-state index in [1.54, 1.807) is 0 Å². The van der Waals surface area contributed by atoms with Crippen LogP contribution < -0.4 is 0 Å². The molecule has 1 amide bonds. The van der Waals surface area contributed by atoms with E-state index < -0.39 is 0 Å².